The molecule has 0 fully saturated rings. The van der Waals surface area contributed by atoms with Crippen LogP contribution in [0, 0.1) is 20.2 Å². The number of hydrogen-bond donors (Lipinski definition) is 0. The highest BCUT2D eigenvalue weighted by molar-refractivity contribution is 5.75. The van der Waals surface area contributed by atoms with Gasteiger partial charge in [-0.15, -0.1) is 0 Å². The predicted molar refractivity (Wildman–Crippen MR) is 51.7 cm³/mol. The molecular formula is C7H7F6N3O6. The number of halogens is 6. The monoisotopic (exact) mass is 343 g/mol. The summed E-state index contributed by atoms with van der Waals surface area (Å²) in [5.74, 6) is -7.15. The molecule has 0 N–H and O–H groups in total. The molecule has 0 aromatic carbocycles. The summed E-state index contributed by atoms with van der Waals surface area (Å²) >= 11 is 0. The van der Waals surface area contributed by atoms with Crippen molar-refractivity contribution in [2.45, 2.75) is 37.6 Å². The van der Waals surface area contributed by atoms with Gasteiger partial charge in [0.2, 0.25) is 6.23 Å². The van der Waals surface area contributed by atoms with Crippen LogP contribution in [0.1, 0.15) is 19.3 Å². The molecule has 1 unspecified atom stereocenters. The molecule has 0 spiro atoms. The lowest BCUT2D eigenvalue weighted by atomic mass is 10.2. The van der Waals surface area contributed by atoms with E-state index in [1.54, 1.807) is 0 Å². The average molecular weight is 343 g/mol. The van der Waals surface area contributed by atoms with Crippen LogP contribution < -0.4 is 0 Å². The van der Waals surface area contributed by atoms with E-state index in [0.717, 1.165) is 0 Å². The van der Waals surface area contributed by atoms with Crippen molar-refractivity contribution in [3.63, 3.8) is 0 Å². The predicted octanol–water partition coefficient (Wildman–Crippen LogP) is 1.84. The summed E-state index contributed by atoms with van der Waals surface area (Å²) in [5, 5.41) is 18.4. The molecule has 0 rings (SSSR count). The van der Waals surface area contributed by atoms with Gasteiger partial charge in [-0.1, -0.05) is 13.4 Å². The molecule has 0 bridgehead atoms. The van der Waals surface area contributed by atoms with Crippen LogP contribution in [0.25, 0.3) is 0 Å². The molecule has 0 aliphatic heterocycles. The van der Waals surface area contributed by atoms with Crippen LogP contribution in [-0.4, -0.2) is 39.5 Å². The zero-order chi connectivity index (χ0) is 17.7. The zero-order valence-corrected chi connectivity index (χ0v) is 10.3. The third-order valence-electron chi connectivity index (χ3n) is 2.20. The molecule has 0 amide bonds. The second-order valence-electron chi connectivity index (χ2n) is 3.74. The largest absolute Gasteiger partial charge is 0.613 e. The molecule has 0 heterocycles. The van der Waals surface area contributed by atoms with E-state index in [-0.39, 0.29) is 0 Å². The lowest BCUT2D eigenvalue weighted by Gasteiger charge is -2.18. The molecule has 15 heteroatoms. The summed E-state index contributed by atoms with van der Waals surface area (Å²) in [6.45, 7) is 0. The number of carbonyl (C=O) groups is 1. The number of ether oxygens (including phenoxy) is 1. The van der Waals surface area contributed by atoms with Crippen molar-refractivity contribution in [3.8, 4) is 0 Å². The van der Waals surface area contributed by atoms with Gasteiger partial charge in [0.25, 0.3) is 0 Å². The van der Waals surface area contributed by atoms with Crippen LogP contribution in [0.4, 0.5) is 26.5 Å². The summed E-state index contributed by atoms with van der Waals surface area (Å²) in [7, 11) is 0. The van der Waals surface area contributed by atoms with E-state index in [2.05, 4.69) is 4.74 Å². The number of hydrogen-bond acceptors (Lipinski definition) is 7. The van der Waals surface area contributed by atoms with E-state index < -0.39 is 58.7 Å². The molecule has 0 aromatic rings. The third kappa shape index (κ3) is 5.30. The van der Waals surface area contributed by atoms with Gasteiger partial charge in [0.05, 0.1) is 5.34 Å². The third-order valence-corrected chi connectivity index (χ3v) is 2.20. The first-order valence-electron chi connectivity index (χ1n) is 5.19. The van der Waals surface area contributed by atoms with Gasteiger partial charge in [0, 0.05) is 6.42 Å². The fraction of sp³-hybridized carbons (Fsp3) is 0.857. The molecule has 22 heavy (non-hydrogen) atoms. The van der Waals surface area contributed by atoms with Crippen LogP contribution in [0.15, 0.2) is 0 Å². The summed E-state index contributed by atoms with van der Waals surface area (Å²) in [6, 6.07) is 0. The molecule has 0 saturated carbocycles. The molecule has 0 saturated heterocycles. The van der Waals surface area contributed by atoms with Gasteiger partial charge < -0.3 is 4.74 Å². The Morgan fingerprint density at radius 1 is 1.14 bits per heavy atom. The van der Waals surface area contributed by atoms with Gasteiger partial charge >= 0.3 is 18.1 Å². The maximum absolute atomic E-state index is 13.3. The van der Waals surface area contributed by atoms with Gasteiger partial charge in [-0.2, -0.15) is 13.2 Å². The van der Waals surface area contributed by atoms with Crippen LogP contribution in [0.2, 0.25) is 0 Å². The first kappa shape index (κ1) is 19.8. The second kappa shape index (κ2) is 7.19. The fourth-order valence-corrected chi connectivity index (χ4v) is 1.14. The van der Waals surface area contributed by atoms with Crippen LogP contribution >= 0.6 is 0 Å². The molecule has 0 aliphatic rings. The Morgan fingerprint density at radius 3 is 1.91 bits per heavy atom. The Kier molecular flexibility index (Phi) is 6.47. The highest BCUT2D eigenvalue weighted by atomic mass is 19.4. The van der Waals surface area contributed by atoms with E-state index in [9.17, 15) is 51.5 Å². The minimum absolute atomic E-state index is 1.03. The summed E-state index contributed by atoms with van der Waals surface area (Å²) in [4.78, 5) is 26.9. The summed E-state index contributed by atoms with van der Waals surface area (Å²) < 4.78 is 76.5. The minimum Gasteiger partial charge on any atom is -0.434 e. The van der Waals surface area contributed by atoms with E-state index in [0.29, 0.717) is 0 Å². The van der Waals surface area contributed by atoms with Crippen LogP contribution in [0.5, 0.6) is 0 Å². The van der Waals surface area contributed by atoms with Crippen molar-refractivity contribution in [3.05, 3.63) is 20.2 Å². The zero-order valence-electron chi connectivity index (χ0n) is 10.3. The van der Waals surface area contributed by atoms with Gasteiger partial charge in [-0.3, -0.25) is 20.2 Å². The van der Waals surface area contributed by atoms with Crippen LogP contribution in [-0.2, 0) is 9.53 Å². The Labute approximate surface area is 116 Å². The average Bonchev–Trinajstić information content (AvgIpc) is 2.34. The molecule has 1 atom stereocenters. The number of alkyl halides is 4. The molecule has 0 aliphatic carbocycles. The van der Waals surface area contributed by atoms with Crippen molar-refractivity contribution >= 4 is 5.97 Å². The van der Waals surface area contributed by atoms with Gasteiger partial charge in [-0.05, 0) is 6.42 Å². The Morgan fingerprint density at radius 2 is 1.59 bits per heavy atom. The van der Waals surface area contributed by atoms with E-state index in [1.807, 2.05) is 0 Å². The number of nitrogens with zero attached hydrogens (tertiary/aromatic N) is 3. The molecular weight excluding hydrogens is 336 g/mol. The number of nitro groups is 2. The Bertz CT molecular complexity index is 429. The molecule has 128 valence electrons. The van der Waals surface area contributed by atoms with E-state index >= 15 is 0 Å². The SMILES string of the molecule is O=C(OC(CCCC(F)([N+](=O)[O-])[N+](=O)[O-])N(F)F)C(F)(F)F. The van der Waals surface area contributed by atoms with Crippen molar-refractivity contribution in [1.29, 1.82) is 0 Å². The van der Waals surface area contributed by atoms with Crippen molar-refractivity contribution in [1.82, 2.24) is 5.34 Å². The number of rotatable bonds is 8. The highest BCUT2D eigenvalue weighted by Crippen LogP contribution is 2.24. The molecule has 9 nitrogen and oxygen atoms in total. The maximum atomic E-state index is 13.3. The number of carbonyl (C=O) groups excluding carboxylic acids is 1. The summed E-state index contributed by atoms with van der Waals surface area (Å²) in [6.07, 6.45) is -12.1. The minimum atomic E-state index is -5.57. The summed E-state index contributed by atoms with van der Waals surface area (Å²) in [5.41, 5.74) is 0. The second-order valence-corrected chi connectivity index (χ2v) is 3.74. The normalized spacial score (nSPS) is 13.8. The molecule has 0 radical (unpaired) electrons. The van der Waals surface area contributed by atoms with Gasteiger partial charge in [-0.25, -0.2) is 4.79 Å². The van der Waals surface area contributed by atoms with Crippen molar-refractivity contribution in [2.24, 2.45) is 0 Å². The lowest BCUT2D eigenvalue weighted by Crippen LogP contribution is -2.42. The Balaban J connectivity index is 4.72. The highest BCUT2D eigenvalue weighted by Gasteiger charge is 2.57. The van der Waals surface area contributed by atoms with Gasteiger partial charge in [0.1, 0.15) is 16.3 Å². The molecule has 0 aromatic heterocycles. The van der Waals surface area contributed by atoms with Crippen LogP contribution in [0.3, 0.4) is 0 Å². The quantitative estimate of drug-likeness (QED) is 0.126. The smallest absolute Gasteiger partial charge is 0.434 e. The first-order valence-corrected chi connectivity index (χ1v) is 5.19. The van der Waals surface area contributed by atoms with Crippen molar-refractivity contribution < 1.29 is 45.9 Å². The first-order chi connectivity index (χ1) is 9.82. The fourth-order valence-electron chi connectivity index (χ4n) is 1.14. The van der Waals surface area contributed by atoms with E-state index in [1.165, 1.54) is 0 Å². The Hall–Kier alpha value is -2.19. The van der Waals surface area contributed by atoms with Crippen molar-refractivity contribution in [2.75, 3.05) is 0 Å². The van der Waals surface area contributed by atoms with Gasteiger partial charge in [0.15, 0.2) is 0 Å². The standard InChI is InChI=1S/C7H7F6N3O6/c8-6(15(18)19,16(20)21)3-1-2-4(14(12)13)22-5(17)7(9,10)11/h4H,1-3H2. The van der Waals surface area contributed by atoms with E-state index in [4.69, 9.17) is 0 Å². The topological polar surface area (TPSA) is 116 Å². The lowest BCUT2D eigenvalue weighted by molar-refractivity contribution is -0.832. The number of esters is 1. The maximum Gasteiger partial charge on any atom is 0.613 e.